The molecule has 1 aromatic rings. The number of halogens is 2. The maximum absolute atomic E-state index is 4.07. The molecule has 0 aliphatic heterocycles. The molecule has 0 aliphatic rings. The van der Waals surface area contributed by atoms with Crippen LogP contribution in [0.3, 0.4) is 0 Å². The van der Waals surface area contributed by atoms with Crippen molar-refractivity contribution < 1.29 is 0 Å². The first-order chi connectivity index (χ1) is 5.20. The minimum Gasteiger partial charge on any atom is -0.333 e. The molecule has 76 valence electrons. The van der Waals surface area contributed by atoms with Crippen molar-refractivity contribution in [2.75, 3.05) is 14.1 Å². The molecule has 0 aromatic carbocycles. The second-order valence-electron chi connectivity index (χ2n) is 2.49. The second kappa shape index (κ2) is 6.74. The summed E-state index contributed by atoms with van der Waals surface area (Å²) in [6.45, 7) is 0. The van der Waals surface area contributed by atoms with E-state index >= 15 is 0 Å². The summed E-state index contributed by atoms with van der Waals surface area (Å²) in [7, 11) is 5.68. The highest BCUT2D eigenvalue weighted by Gasteiger charge is 1.91. The van der Waals surface area contributed by atoms with Crippen LogP contribution in [0.15, 0.2) is 17.5 Å². The molecule has 4 nitrogen and oxygen atoms in total. The fraction of sp³-hybridized carbons (Fsp3) is 0.429. The van der Waals surface area contributed by atoms with Crippen molar-refractivity contribution in [3.05, 3.63) is 18.2 Å². The van der Waals surface area contributed by atoms with Gasteiger partial charge in [0.15, 0.2) is 5.82 Å². The van der Waals surface area contributed by atoms with Crippen LogP contribution in [0.1, 0.15) is 5.82 Å². The van der Waals surface area contributed by atoms with Crippen LogP contribution in [0.5, 0.6) is 0 Å². The van der Waals surface area contributed by atoms with Crippen LogP contribution in [0.25, 0.3) is 0 Å². The van der Waals surface area contributed by atoms with Gasteiger partial charge in [0.05, 0.1) is 6.21 Å². The van der Waals surface area contributed by atoms with E-state index in [4.69, 9.17) is 0 Å². The molecule has 0 amide bonds. The Bertz CT molecular complexity index is 257. The van der Waals surface area contributed by atoms with Crippen molar-refractivity contribution in [1.82, 2.24) is 14.6 Å². The third kappa shape index (κ3) is 4.75. The maximum atomic E-state index is 4.07. The summed E-state index contributed by atoms with van der Waals surface area (Å²) < 4.78 is 1.91. The molecule has 1 heterocycles. The van der Waals surface area contributed by atoms with Crippen LogP contribution in [0.4, 0.5) is 0 Å². The Kier molecular flexibility index (Phi) is 7.66. The minimum absolute atomic E-state index is 0. The first kappa shape index (κ1) is 14.8. The highest BCUT2D eigenvalue weighted by molar-refractivity contribution is 5.85. The van der Waals surface area contributed by atoms with E-state index in [0.29, 0.717) is 0 Å². The van der Waals surface area contributed by atoms with Gasteiger partial charge < -0.3 is 9.58 Å². The smallest absolute Gasteiger partial charge is 0.152 e. The van der Waals surface area contributed by atoms with Gasteiger partial charge >= 0.3 is 0 Å². The van der Waals surface area contributed by atoms with Crippen LogP contribution in [-0.2, 0) is 7.05 Å². The molecule has 0 spiro atoms. The maximum Gasteiger partial charge on any atom is 0.152 e. The first-order valence-corrected chi connectivity index (χ1v) is 3.39. The lowest BCUT2D eigenvalue weighted by atomic mass is 10.7. The third-order valence-corrected chi connectivity index (χ3v) is 1.26. The van der Waals surface area contributed by atoms with Crippen molar-refractivity contribution >= 4 is 31.0 Å². The van der Waals surface area contributed by atoms with Gasteiger partial charge in [0.2, 0.25) is 0 Å². The molecule has 0 saturated carbocycles. The summed E-state index contributed by atoms with van der Waals surface area (Å²) in [5.74, 6) is 0.860. The zero-order valence-electron chi connectivity index (χ0n) is 7.84. The topological polar surface area (TPSA) is 33.4 Å². The lowest BCUT2D eigenvalue weighted by molar-refractivity contribution is 0.440. The Balaban J connectivity index is 0. The fourth-order valence-electron chi connectivity index (χ4n) is 0.669. The summed E-state index contributed by atoms with van der Waals surface area (Å²) >= 11 is 0. The molecule has 0 saturated heterocycles. The summed E-state index contributed by atoms with van der Waals surface area (Å²) in [4.78, 5) is 4.07. The number of aromatic nitrogens is 2. The Morgan fingerprint density at radius 1 is 1.46 bits per heavy atom. The molecule has 0 atom stereocenters. The number of hydrogen-bond acceptors (Lipinski definition) is 3. The van der Waals surface area contributed by atoms with E-state index in [-0.39, 0.29) is 24.8 Å². The van der Waals surface area contributed by atoms with E-state index in [1.54, 1.807) is 17.4 Å². The first-order valence-electron chi connectivity index (χ1n) is 3.39. The standard InChI is InChI=1S/C7H12N4.2ClH/c1-10(2)9-6-7-8-4-5-11(7)3;;/h4-6H,1-3H3;2*1H/b9-6+;;. The molecular formula is C7H14Cl2N4. The average Bonchev–Trinajstić information content (AvgIpc) is 2.31. The normalized spacial score (nSPS) is 9.15. The molecule has 1 aromatic heterocycles. The lowest BCUT2D eigenvalue weighted by Gasteiger charge is -2.01. The van der Waals surface area contributed by atoms with Gasteiger partial charge in [-0.3, -0.25) is 0 Å². The second-order valence-corrected chi connectivity index (χ2v) is 2.49. The van der Waals surface area contributed by atoms with Crippen molar-refractivity contribution in [2.24, 2.45) is 12.1 Å². The predicted octanol–water partition coefficient (Wildman–Crippen LogP) is 1.16. The Morgan fingerprint density at radius 3 is 2.46 bits per heavy atom. The summed E-state index contributed by atoms with van der Waals surface area (Å²) in [5.41, 5.74) is 0. The molecule has 0 fully saturated rings. The van der Waals surface area contributed by atoms with Gasteiger partial charge in [-0.25, -0.2) is 4.98 Å². The number of imidazole rings is 1. The molecule has 1 rings (SSSR count). The number of aryl methyl sites for hydroxylation is 1. The van der Waals surface area contributed by atoms with Crippen molar-refractivity contribution in [1.29, 1.82) is 0 Å². The number of rotatable bonds is 2. The van der Waals surface area contributed by atoms with E-state index < -0.39 is 0 Å². The van der Waals surface area contributed by atoms with Gasteiger partial charge in [-0.05, 0) is 0 Å². The van der Waals surface area contributed by atoms with E-state index in [9.17, 15) is 0 Å². The Hall–Kier alpha value is -0.740. The summed E-state index contributed by atoms with van der Waals surface area (Å²) in [6.07, 6.45) is 5.36. The average molecular weight is 225 g/mol. The third-order valence-electron chi connectivity index (χ3n) is 1.26. The van der Waals surface area contributed by atoms with Crippen molar-refractivity contribution in [3.8, 4) is 0 Å². The Morgan fingerprint density at radius 2 is 2.08 bits per heavy atom. The summed E-state index contributed by atoms with van der Waals surface area (Å²) in [6, 6.07) is 0. The van der Waals surface area contributed by atoms with Crippen molar-refractivity contribution in [3.63, 3.8) is 0 Å². The lowest BCUT2D eigenvalue weighted by Crippen LogP contribution is -2.04. The van der Waals surface area contributed by atoms with Crippen LogP contribution in [-0.4, -0.2) is 34.9 Å². The van der Waals surface area contributed by atoms with E-state index in [0.717, 1.165) is 5.82 Å². The number of nitrogens with zero attached hydrogens (tertiary/aromatic N) is 4. The van der Waals surface area contributed by atoms with E-state index in [2.05, 4.69) is 10.1 Å². The molecular weight excluding hydrogens is 211 g/mol. The highest BCUT2D eigenvalue weighted by atomic mass is 35.5. The zero-order chi connectivity index (χ0) is 8.27. The highest BCUT2D eigenvalue weighted by Crippen LogP contribution is 1.89. The molecule has 0 unspecified atom stereocenters. The zero-order valence-corrected chi connectivity index (χ0v) is 9.47. The fourth-order valence-corrected chi connectivity index (χ4v) is 0.669. The van der Waals surface area contributed by atoms with E-state index in [1.807, 2.05) is 31.9 Å². The predicted molar refractivity (Wildman–Crippen MR) is 59.0 cm³/mol. The number of hydrogen-bond donors (Lipinski definition) is 0. The van der Waals surface area contributed by atoms with Gasteiger partial charge in [0.1, 0.15) is 0 Å². The van der Waals surface area contributed by atoms with Gasteiger partial charge in [0.25, 0.3) is 0 Å². The molecule has 0 bridgehead atoms. The van der Waals surface area contributed by atoms with E-state index in [1.165, 1.54) is 0 Å². The van der Waals surface area contributed by atoms with Gasteiger partial charge in [-0.1, -0.05) is 0 Å². The van der Waals surface area contributed by atoms with Crippen LogP contribution in [0.2, 0.25) is 0 Å². The van der Waals surface area contributed by atoms with Gasteiger partial charge in [-0.15, -0.1) is 24.8 Å². The monoisotopic (exact) mass is 224 g/mol. The summed E-state index contributed by atoms with van der Waals surface area (Å²) in [5, 5.41) is 5.78. The van der Waals surface area contributed by atoms with Crippen LogP contribution >= 0.6 is 24.8 Å². The molecule has 0 aliphatic carbocycles. The minimum atomic E-state index is 0. The SMILES string of the molecule is CN(C)/N=C/c1nccn1C.Cl.Cl. The Labute approximate surface area is 90.5 Å². The molecule has 13 heavy (non-hydrogen) atoms. The molecule has 0 radical (unpaired) electrons. The van der Waals surface area contributed by atoms with Gasteiger partial charge in [0, 0.05) is 33.5 Å². The largest absolute Gasteiger partial charge is 0.333 e. The van der Waals surface area contributed by atoms with Crippen LogP contribution in [0, 0.1) is 0 Å². The molecule has 0 N–H and O–H groups in total. The van der Waals surface area contributed by atoms with Crippen LogP contribution < -0.4 is 0 Å². The van der Waals surface area contributed by atoms with Crippen molar-refractivity contribution in [2.45, 2.75) is 0 Å². The van der Waals surface area contributed by atoms with Gasteiger partial charge in [-0.2, -0.15) is 5.10 Å². The number of hydrazone groups is 1. The quantitative estimate of drug-likeness (QED) is 0.559. The molecule has 6 heteroatoms.